The second-order valence-corrected chi connectivity index (χ2v) is 5.14. The molecule has 0 saturated heterocycles. The van der Waals surface area contributed by atoms with E-state index in [1.807, 2.05) is 12.1 Å². The molecule has 0 bridgehead atoms. The monoisotopic (exact) mass is 260 g/mol. The maximum atomic E-state index is 5.66. The minimum absolute atomic E-state index is 0.307. The van der Waals surface area contributed by atoms with Gasteiger partial charge in [0.2, 0.25) is 0 Å². The lowest BCUT2D eigenvalue weighted by Gasteiger charge is -2.15. The molecule has 1 atom stereocenters. The van der Waals surface area contributed by atoms with Gasteiger partial charge < -0.3 is 4.57 Å². The number of para-hydroxylation sites is 2. The van der Waals surface area contributed by atoms with Crippen molar-refractivity contribution in [3.8, 4) is 0 Å². The van der Waals surface area contributed by atoms with Gasteiger partial charge in [0.1, 0.15) is 5.82 Å². The summed E-state index contributed by atoms with van der Waals surface area (Å²) in [5.41, 5.74) is 5.17. The van der Waals surface area contributed by atoms with Gasteiger partial charge in [-0.2, -0.15) is 0 Å². The molecule has 1 aromatic carbocycles. The number of aromatic nitrogens is 2. The summed E-state index contributed by atoms with van der Waals surface area (Å²) >= 11 is 0. The Morgan fingerprint density at radius 3 is 2.79 bits per heavy atom. The van der Waals surface area contributed by atoms with Gasteiger partial charge in [0, 0.05) is 19.5 Å². The number of aryl methyl sites for hydroxylation is 1. The molecule has 0 aliphatic carbocycles. The molecule has 2 aromatic rings. The van der Waals surface area contributed by atoms with Gasteiger partial charge in [-0.25, -0.2) is 4.98 Å². The third-order valence-electron chi connectivity index (χ3n) is 3.70. The highest BCUT2D eigenvalue weighted by molar-refractivity contribution is 5.75. The molecular formula is C15H24N4. The van der Waals surface area contributed by atoms with Crippen LogP contribution in [0.5, 0.6) is 0 Å². The molecule has 0 fully saturated rings. The van der Waals surface area contributed by atoms with Crippen molar-refractivity contribution in [1.82, 2.24) is 15.0 Å². The third-order valence-corrected chi connectivity index (χ3v) is 3.70. The molecule has 3 N–H and O–H groups in total. The Bertz CT molecular complexity index is 518. The van der Waals surface area contributed by atoms with Crippen molar-refractivity contribution in [2.24, 2.45) is 12.9 Å². The van der Waals surface area contributed by atoms with Crippen LogP contribution in [0.2, 0.25) is 0 Å². The van der Waals surface area contributed by atoms with Crippen LogP contribution < -0.4 is 11.3 Å². The molecule has 0 saturated carbocycles. The average molecular weight is 260 g/mol. The quantitative estimate of drug-likeness (QED) is 0.457. The number of rotatable bonds is 7. The number of hydrogen-bond donors (Lipinski definition) is 2. The van der Waals surface area contributed by atoms with Crippen LogP contribution >= 0.6 is 0 Å². The number of fused-ring (bicyclic) bond motifs is 1. The molecule has 4 heteroatoms. The Morgan fingerprint density at radius 2 is 2.11 bits per heavy atom. The summed E-state index contributed by atoms with van der Waals surface area (Å²) in [6.07, 6.45) is 5.71. The van der Waals surface area contributed by atoms with E-state index in [4.69, 9.17) is 10.8 Å². The molecule has 1 heterocycles. The predicted octanol–water partition coefficient (Wildman–Crippen LogP) is 2.53. The number of unbranched alkanes of at least 4 members (excludes halogenated alkanes) is 2. The Balaban J connectivity index is 2.08. The van der Waals surface area contributed by atoms with E-state index in [0.717, 1.165) is 24.2 Å². The first-order valence-electron chi connectivity index (χ1n) is 7.12. The fourth-order valence-electron chi connectivity index (χ4n) is 2.48. The van der Waals surface area contributed by atoms with Crippen LogP contribution in [0.3, 0.4) is 0 Å². The molecule has 19 heavy (non-hydrogen) atoms. The normalized spacial score (nSPS) is 13.0. The molecule has 0 spiro atoms. The number of hydrogen-bond acceptors (Lipinski definition) is 3. The summed E-state index contributed by atoms with van der Waals surface area (Å²) < 4.78 is 2.17. The van der Waals surface area contributed by atoms with E-state index in [9.17, 15) is 0 Å². The number of nitrogens with one attached hydrogen (secondary N) is 1. The average Bonchev–Trinajstić information content (AvgIpc) is 2.75. The van der Waals surface area contributed by atoms with Gasteiger partial charge in [-0.05, 0) is 18.6 Å². The van der Waals surface area contributed by atoms with Crippen LogP contribution in [-0.4, -0.2) is 15.6 Å². The SMILES string of the molecule is CCCCCC(Cc1nc2ccccc2n1C)NN. The molecular weight excluding hydrogens is 236 g/mol. The minimum Gasteiger partial charge on any atom is -0.331 e. The molecule has 0 aliphatic rings. The first-order valence-corrected chi connectivity index (χ1v) is 7.12. The van der Waals surface area contributed by atoms with Crippen LogP contribution in [0.15, 0.2) is 24.3 Å². The van der Waals surface area contributed by atoms with Gasteiger partial charge in [0.25, 0.3) is 0 Å². The molecule has 0 amide bonds. The predicted molar refractivity (Wildman–Crippen MR) is 79.7 cm³/mol. The van der Waals surface area contributed by atoms with Crippen molar-refractivity contribution in [3.63, 3.8) is 0 Å². The highest BCUT2D eigenvalue weighted by atomic mass is 15.2. The van der Waals surface area contributed by atoms with Crippen molar-refractivity contribution in [1.29, 1.82) is 0 Å². The molecule has 4 nitrogen and oxygen atoms in total. The van der Waals surface area contributed by atoms with Crippen molar-refractivity contribution in [2.45, 2.75) is 45.1 Å². The van der Waals surface area contributed by atoms with E-state index in [0.29, 0.717) is 6.04 Å². The van der Waals surface area contributed by atoms with E-state index in [-0.39, 0.29) is 0 Å². The molecule has 0 radical (unpaired) electrons. The number of imidazole rings is 1. The fraction of sp³-hybridized carbons (Fsp3) is 0.533. The largest absolute Gasteiger partial charge is 0.331 e. The topological polar surface area (TPSA) is 55.9 Å². The second kappa shape index (κ2) is 6.68. The standard InChI is InChI=1S/C15H24N4/c1-3-4-5-8-12(18-16)11-15-17-13-9-6-7-10-14(13)19(15)2/h6-7,9-10,12,18H,3-5,8,11,16H2,1-2H3. The Labute approximate surface area is 115 Å². The third kappa shape index (κ3) is 3.33. The van der Waals surface area contributed by atoms with Gasteiger partial charge in [-0.3, -0.25) is 11.3 Å². The van der Waals surface area contributed by atoms with E-state index >= 15 is 0 Å². The van der Waals surface area contributed by atoms with Crippen molar-refractivity contribution < 1.29 is 0 Å². The van der Waals surface area contributed by atoms with Gasteiger partial charge in [-0.1, -0.05) is 38.3 Å². The van der Waals surface area contributed by atoms with Crippen molar-refractivity contribution in [3.05, 3.63) is 30.1 Å². The summed E-state index contributed by atoms with van der Waals surface area (Å²) in [7, 11) is 2.07. The van der Waals surface area contributed by atoms with Crippen LogP contribution in [-0.2, 0) is 13.5 Å². The van der Waals surface area contributed by atoms with Crippen LogP contribution in [0.4, 0.5) is 0 Å². The first kappa shape index (κ1) is 14.0. The highest BCUT2D eigenvalue weighted by Gasteiger charge is 2.13. The second-order valence-electron chi connectivity index (χ2n) is 5.14. The smallest absolute Gasteiger partial charge is 0.111 e. The van der Waals surface area contributed by atoms with Crippen LogP contribution in [0.25, 0.3) is 11.0 Å². The summed E-state index contributed by atoms with van der Waals surface area (Å²) in [6.45, 7) is 2.22. The van der Waals surface area contributed by atoms with Gasteiger partial charge in [-0.15, -0.1) is 0 Å². The zero-order chi connectivity index (χ0) is 13.7. The number of nitrogens with zero attached hydrogens (tertiary/aromatic N) is 2. The van der Waals surface area contributed by atoms with Crippen molar-refractivity contribution >= 4 is 11.0 Å². The Hall–Kier alpha value is -1.39. The zero-order valence-corrected chi connectivity index (χ0v) is 11.9. The molecule has 1 aromatic heterocycles. The highest BCUT2D eigenvalue weighted by Crippen LogP contribution is 2.16. The van der Waals surface area contributed by atoms with Gasteiger partial charge in [0.15, 0.2) is 0 Å². The number of nitrogens with two attached hydrogens (primary N) is 1. The fourth-order valence-corrected chi connectivity index (χ4v) is 2.48. The van der Waals surface area contributed by atoms with Gasteiger partial charge >= 0.3 is 0 Å². The number of benzene rings is 1. The van der Waals surface area contributed by atoms with Crippen LogP contribution in [0, 0.1) is 0 Å². The lowest BCUT2D eigenvalue weighted by molar-refractivity contribution is 0.456. The lowest BCUT2D eigenvalue weighted by Crippen LogP contribution is -2.37. The van der Waals surface area contributed by atoms with Gasteiger partial charge in [0.05, 0.1) is 11.0 Å². The van der Waals surface area contributed by atoms with Crippen molar-refractivity contribution in [2.75, 3.05) is 0 Å². The van der Waals surface area contributed by atoms with E-state index in [2.05, 4.69) is 36.1 Å². The van der Waals surface area contributed by atoms with E-state index < -0.39 is 0 Å². The first-order chi connectivity index (χ1) is 9.26. The summed E-state index contributed by atoms with van der Waals surface area (Å²) in [5.74, 6) is 6.76. The maximum Gasteiger partial charge on any atom is 0.111 e. The van der Waals surface area contributed by atoms with E-state index in [1.54, 1.807) is 0 Å². The minimum atomic E-state index is 0.307. The van der Waals surface area contributed by atoms with E-state index in [1.165, 1.54) is 24.8 Å². The summed E-state index contributed by atoms with van der Waals surface area (Å²) in [5, 5.41) is 0. The maximum absolute atomic E-state index is 5.66. The molecule has 1 unspecified atom stereocenters. The number of hydrazine groups is 1. The lowest BCUT2D eigenvalue weighted by atomic mass is 10.1. The Kier molecular flexibility index (Phi) is 4.93. The van der Waals surface area contributed by atoms with Crippen LogP contribution in [0.1, 0.15) is 38.4 Å². The molecule has 104 valence electrons. The molecule has 0 aliphatic heterocycles. The zero-order valence-electron chi connectivity index (χ0n) is 11.9. The molecule has 2 rings (SSSR count). The Morgan fingerprint density at radius 1 is 1.32 bits per heavy atom. The summed E-state index contributed by atoms with van der Waals surface area (Å²) in [6, 6.07) is 8.54. The summed E-state index contributed by atoms with van der Waals surface area (Å²) in [4.78, 5) is 4.70.